The predicted molar refractivity (Wildman–Crippen MR) is 100 cm³/mol. The van der Waals surface area contributed by atoms with E-state index in [4.69, 9.17) is 11.6 Å². The number of hydrogen-bond acceptors (Lipinski definition) is 2. The van der Waals surface area contributed by atoms with Crippen LogP contribution in [0.2, 0.25) is 5.02 Å². The Morgan fingerprint density at radius 1 is 1.08 bits per heavy atom. The maximum atomic E-state index is 11.9. The first-order valence-electron chi connectivity index (χ1n) is 7.94. The molecule has 0 unspecified atom stereocenters. The first kappa shape index (κ1) is 17.0. The minimum atomic E-state index is -0.127. The van der Waals surface area contributed by atoms with Crippen LogP contribution in [0.4, 0.5) is 0 Å². The van der Waals surface area contributed by atoms with Crippen molar-refractivity contribution in [1.29, 1.82) is 0 Å². The lowest BCUT2D eigenvalue weighted by Gasteiger charge is -2.06. The lowest BCUT2D eigenvalue weighted by molar-refractivity contribution is -0.116. The second-order valence-corrected chi connectivity index (χ2v) is 6.09. The van der Waals surface area contributed by atoms with Gasteiger partial charge in [-0.2, -0.15) is 0 Å². The number of halogens is 1. The third-order valence-corrected chi connectivity index (χ3v) is 3.96. The van der Waals surface area contributed by atoms with Crippen LogP contribution in [-0.2, 0) is 17.9 Å². The summed E-state index contributed by atoms with van der Waals surface area (Å²) in [6.45, 7) is 1.28. The van der Waals surface area contributed by atoms with Gasteiger partial charge in [0, 0.05) is 36.6 Å². The molecule has 1 N–H and O–H groups in total. The first-order chi connectivity index (χ1) is 12.2. The number of rotatable bonds is 6. The van der Waals surface area contributed by atoms with E-state index in [1.54, 1.807) is 30.7 Å². The Bertz CT molecular complexity index is 838. The Kier molecular flexibility index (Phi) is 5.65. The molecule has 1 aromatic heterocycles. The number of nitrogens with one attached hydrogen (secondary N) is 1. The van der Waals surface area contributed by atoms with E-state index in [9.17, 15) is 4.79 Å². The van der Waals surface area contributed by atoms with Crippen LogP contribution in [0.1, 0.15) is 16.7 Å². The van der Waals surface area contributed by atoms with Crippen molar-refractivity contribution in [2.24, 2.45) is 0 Å². The molecule has 3 aromatic rings. The van der Waals surface area contributed by atoms with Gasteiger partial charge in [-0.1, -0.05) is 48.0 Å². The van der Waals surface area contributed by atoms with Crippen molar-refractivity contribution in [1.82, 2.24) is 14.9 Å². The van der Waals surface area contributed by atoms with Gasteiger partial charge in [-0.3, -0.25) is 4.79 Å². The molecule has 0 fully saturated rings. The van der Waals surface area contributed by atoms with E-state index < -0.39 is 0 Å². The number of hydrogen-bond donors (Lipinski definition) is 1. The average molecular weight is 352 g/mol. The summed E-state index contributed by atoms with van der Waals surface area (Å²) >= 11 is 5.83. The van der Waals surface area contributed by atoms with Crippen LogP contribution in [0, 0.1) is 0 Å². The lowest BCUT2D eigenvalue weighted by atomic mass is 10.1. The number of aromatic nitrogens is 2. The van der Waals surface area contributed by atoms with Crippen LogP contribution in [0.25, 0.3) is 6.08 Å². The van der Waals surface area contributed by atoms with Crippen molar-refractivity contribution in [2.75, 3.05) is 0 Å². The molecule has 0 saturated carbocycles. The fourth-order valence-electron chi connectivity index (χ4n) is 2.35. The van der Waals surface area contributed by atoms with E-state index in [1.807, 2.05) is 35.0 Å². The summed E-state index contributed by atoms with van der Waals surface area (Å²) in [6, 6.07) is 15.5. The highest BCUT2D eigenvalue weighted by Gasteiger charge is 1.99. The van der Waals surface area contributed by atoms with Gasteiger partial charge in [0.05, 0.1) is 6.33 Å². The van der Waals surface area contributed by atoms with E-state index in [0.717, 1.165) is 17.7 Å². The van der Waals surface area contributed by atoms with Crippen molar-refractivity contribution < 1.29 is 4.79 Å². The van der Waals surface area contributed by atoms with Crippen molar-refractivity contribution in [3.05, 3.63) is 95.0 Å². The zero-order valence-corrected chi connectivity index (χ0v) is 14.4. The van der Waals surface area contributed by atoms with Crippen LogP contribution < -0.4 is 5.32 Å². The Labute approximate surface area is 151 Å². The summed E-state index contributed by atoms with van der Waals surface area (Å²) in [5, 5.41) is 3.56. The minimum absolute atomic E-state index is 0.127. The van der Waals surface area contributed by atoms with Gasteiger partial charge < -0.3 is 9.88 Å². The summed E-state index contributed by atoms with van der Waals surface area (Å²) in [5.41, 5.74) is 3.18. The minimum Gasteiger partial charge on any atom is -0.348 e. The van der Waals surface area contributed by atoms with Crippen LogP contribution in [0.15, 0.2) is 73.3 Å². The molecule has 5 heteroatoms. The Morgan fingerprint density at radius 2 is 1.80 bits per heavy atom. The molecular formula is C20H18ClN3O. The molecule has 4 nitrogen and oxygen atoms in total. The first-order valence-corrected chi connectivity index (χ1v) is 8.32. The summed E-state index contributed by atoms with van der Waals surface area (Å²) in [4.78, 5) is 15.9. The van der Waals surface area contributed by atoms with Crippen molar-refractivity contribution in [2.45, 2.75) is 13.1 Å². The monoisotopic (exact) mass is 351 g/mol. The van der Waals surface area contributed by atoms with Gasteiger partial charge in [0.15, 0.2) is 0 Å². The smallest absolute Gasteiger partial charge is 0.244 e. The predicted octanol–water partition coefficient (Wildman–Crippen LogP) is 3.91. The van der Waals surface area contributed by atoms with Gasteiger partial charge >= 0.3 is 0 Å². The Balaban J connectivity index is 1.49. The quantitative estimate of drug-likeness (QED) is 0.684. The molecule has 1 amide bonds. The summed E-state index contributed by atoms with van der Waals surface area (Å²) in [7, 11) is 0. The highest BCUT2D eigenvalue weighted by Crippen LogP contribution is 2.10. The van der Waals surface area contributed by atoms with Gasteiger partial charge in [0.1, 0.15) is 0 Å². The molecule has 0 aliphatic rings. The van der Waals surface area contributed by atoms with Gasteiger partial charge in [-0.15, -0.1) is 0 Å². The molecule has 0 atom stereocenters. The molecule has 2 aromatic carbocycles. The maximum Gasteiger partial charge on any atom is 0.244 e. The highest BCUT2D eigenvalue weighted by atomic mass is 35.5. The van der Waals surface area contributed by atoms with Gasteiger partial charge in [-0.05, 0) is 34.9 Å². The summed E-state index contributed by atoms with van der Waals surface area (Å²) < 4.78 is 2.01. The topological polar surface area (TPSA) is 46.9 Å². The Morgan fingerprint density at radius 3 is 2.48 bits per heavy atom. The number of imidazole rings is 1. The number of nitrogens with zero attached hydrogens (tertiary/aromatic N) is 2. The SMILES string of the molecule is O=C(/C=C/c1ccc(Cl)cc1)NCc1ccc(Cn2ccnc2)cc1. The number of carbonyl (C=O) groups excluding carboxylic acids is 1. The van der Waals surface area contributed by atoms with E-state index in [1.165, 1.54) is 11.6 Å². The molecule has 0 saturated heterocycles. The van der Waals surface area contributed by atoms with E-state index in [-0.39, 0.29) is 5.91 Å². The molecule has 1 heterocycles. The maximum absolute atomic E-state index is 11.9. The molecule has 0 spiro atoms. The summed E-state index contributed by atoms with van der Waals surface area (Å²) in [6.07, 6.45) is 8.78. The largest absolute Gasteiger partial charge is 0.348 e. The number of carbonyl (C=O) groups is 1. The molecule has 25 heavy (non-hydrogen) atoms. The van der Waals surface area contributed by atoms with Crippen LogP contribution in [0.5, 0.6) is 0 Å². The Hall–Kier alpha value is -2.85. The standard InChI is InChI=1S/C20H18ClN3O/c21-19-8-5-16(6-9-19)7-10-20(25)23-13-17-1-3-18(4-2-17)14-24-12-11-22-15-24/h1-12,15H,13-14H2,(H,23,25)/b10-7+. The molecule has 0 aliphatic carbocycles. The molecular weight excluding hydrogens is 334 g/mol. The molecule has 3 rings (SSSR count). The third kappa shape index (κ3) is 5.33. The van der Waals surface area contributed by atoms with Crippen LogP contribution >= 0.6 is 11.6 Å². The highest BCUT2D eigenvalue weighted by molar-refractivity contribution is 6.30. The average Bonchev–Trinajstić information content (AvgIpc) is 3.14. The van der Waals surface area contributed by atoms with E-state index >= 15 is 0 Å². The fraction of sp³-hybridized carbons (Fsp3) is 0.100. The van der Waals surface area contributed by atoms with Crippen molar-refractivity contribution in [3.8, 4) is 0 Å². The second kappa shape index (κ2) is 8.31. The van der Waals surface area contributed by atoms with Gasteiger partial charge in [-0.25, -0.2) is 4.98 Å². The second-order valence-electron chi connectivity index (χ2n) is 5.65. The van der Waals surface area contributed by atoms with Crippen LogP contribution in [-0.4, -0.2) is 15.5 Å². The van der Waals surface area contributed by atoms with Gasteiger partial charge in [0.2, 0.25) is 5.91 Å². The summed E-state index contributed by atoms with van der Waals surface area (Å²) in [5.74, 6) is -0.127. The molecule has 0 radical (unpaired) electrons. The molecule has 126 valence electrons. The number of benzene rings is 2. The molecule has 0 bridgehead atoms. The zero-order valence-electron chi connectivity index (χ0n) is 13.6. The van der Waals surface area contributed by atoms with Crippen molar-refractivity contribution >= 4 is 23.6 Å². The van der Waals surface area contributed by atoms with Crippen molar-refractivity contribution in [3.63, 3.8) is 0 Å². The normalized spacial score (nSPS) is 10.9. The fourth-order valence-corrected chi connectivity index (χ4v) is 2.47. The van der Waals surface area contributed by atoms with Crippen LogP contribution in [0.3, 0.4) is 0 Å². The zero-order chi connectivity index (χ0) is 17.5. The molecule has 0 aliphatic heterocycles. The van der Waals surface area contributed by atoms with E-state index in [0.29, 0.717) is 11.6 Å². The van der Waals surface area contributed by atoms with E-state index in [2.05, 4.69) is 22.4 Å². The third-order valence-electron chi connectivity index (χ3n) is 3.71. The lowest BCUT2D eigenvalue weighted by Crippen LogP contribution is -2.20. The number of amides is 1. The van der Waals surface area contributed by atoms with Gasteiger partial charge in [0.25, 0.3) is 0 Å².